The van der Waals surface area contributed by atoms with Crippen molar-refractivity contribution < 1.29 is 4.84 Å². The van der Waals surface area contributed by atoms with Crippen molar-refractivity contribution in [2.24, 2.45) is 5.92 Å². The maximum Gasteiger partial charge on any atom is 0.0813 e. The van der Waals surface area contributed by atoms with Gasteiger partial charge in [-0.3, -0.25) is 4.84 Å². The van der Waals surface area contributed by atoms with Crippen LogP contribution in [0.4, 0.5) is 0 Å². The van der Waals surface area contributed by atoms with E-state index in [9.17, 15) is 0 Å². The quantitative estimate of drug-likeness (QED) is 0.728. The minimum atomic E-state index is -0.102. The minimum absolute atomic E-state index is 0.102. The molecule has 0 aromatic carbocycles. The molecule has 0 aromatic rings. The second kappa shape index (κ2) is 5.28. The molecule has 0 amide bonds. The van der Waals surface area contributed by atoms with E-state index in [1.807, 2.05) is 0 Å². The van der Waals surface area contributed by atoms with Crippen molar-refractivity contribution in [2.45, 2.75) is 52.2 Å². The van der Waals surface area contributed by atoms with Crippen LogP contribution in [0, 0.1) is 5.92 Å². The van der Waals surface area contributed by atoms with E-state index in [1.165, 1.54) is 25.9 Å². The Morgan fingerprint density at radius 3 is 2.60 bits per heavy atom. The van der Waals surface area contributed by atoms with Crippen LogP contribution in [0.3, 0.4) is 0 Å². The van der Waals surface area contributed by atoms with Gasteiger partial charge in [-0.15, -0.1) is 0 Å². The van der Waals surface area contributed by atoms with Crippen molar-refractivity contribution in [2.75, 3.05) is 20.1 Å². The van der Waals surface area contributed by atoms with Gasteiger partial charge >= 0.3 is 0 Å². The summed E-state index contributed by atoms with van der Waals surface area (Å²) in [6, 6.07) is 0.437. The molecule has 1 N–H and O–H groups in total. The Morgan fingerprint density at radius 2 is 2.07 bits per heavy atom. The van der Waals surface area contributed by atoms with Crippen LogP contribution in [-0.2, 0) is 4.84 Å². The summed E-state index contributed by atoms with van der Waals surface area (Å²) in [6.45, 7) is 10.8. The number of hydrogen-bond acceptors (Lipinski definition) is 3. The van der Waals surface area contributed by atoms with E-state index in [-0.39, 0.29) is 5.60 Å². The molecule has 90 valence electrons. The molecule has 1 saturated heterocycles. The molecule has 2 unspecified atom stereocenters. The molecule has 3 nitrogen and oxygen atoms in total. The molecular formula is C12H26N2O. The van der Waals surface area contributed by atoms with Crippen LogP contribution in [0.2, 0.25) is 0 Å². The van der Waals surface area contributed by atoms with Gasteiger partial charge in [0.15, 0.2) is 0 Å². The third-order valence-corrected chi connectivity index (χ3v) is 2.92. The van der Waals surface area contributed by atoms with Crippen LogP contribution in [0.1, 0.15) is 40.5 Å². The lowest BCUT2D eigenvalue weighted by atomic mass is 9.92. The van der Waals surface area contributed by atoms with Gasteiger partial charge in [-0.25, -0.2) is 0 Å². The lowest BCUT2D eigenvalue weighted by Crippen LogP contribution is -2.45. The Balaban J connectivity index is 2.29. The molecule has 0 radical (unpaired) electrons. The number of likely N-dealkylation sites (tertiary alicyclic amines) is 1. The van der Waals surface area contributed by atoms with Gasteiger partial charge in [-0.2, -0.15) is 5.48 Å². The molecule has 1 rings (SSSR count). The van der Waals surface area contributed by atoms with Gasteiger partial charge in [-0.1, -0.05) is 0 Å². The summed E-state index contributed by atoms with van der Waals surface area (Å²) in [5, 5.41) is 0. The van der Waals surface area contributed by atoms with Crippen molar-refractivity contribution in [3.8, 4) is 0 Å². The van der Waals surface area contributed by atoms with Crippen LogP contribution in [0.15, 0.2) is 0 Å². The summed E-state index contributed by atoms with van der Waals surface area (Å²) in [4.78, 5) is 8.02. The van der Waals surface area contributed by atoms with Crippen LogP contribution < -0.4 is 5.48 Å². The van der Waals surface area contributed by atoms with Crippen molar-refractivity contribution in [3.63, 3.8) is 0 Å². The third kappa shape index (κ3) is 4.96. The molecule has 0 aromatic heterocycles. The highest BCUT2D eigenvalue weighted by Crippen LogP contribution is 2.19. The average molecular weight is 214 g/mol. The summed E-state index contributed by atoms with van der Waals surface area (Å²) in [5.74, 6) is 0.714. The zero-order valence-corrected chi connectivity index (χ0v) is 10.8. The number of piperidine rings is 1. The number of nitrogens with zero attached hydrogens (tertiary/aromatic N) is 1. The van der Waals surface area contributed by atoms with Gasteiger partial charge in [0.05, 0.1) is 5.60 Å². The number of hydroxylamine groups is 1. The molecule has 0 aliphatic carbocycles. The third-order valence-electron chi connectivity index (χ3n) is 2.92. The second-order valence-corrected chi connectivity index (χ2v) is 5.79. The summed E-state index contributed by atoms with van der Waals surface area (Å²) in [5.41, 5.74) is 3.08. The normalized spacial score (nSPS) is 26.6. The van der Waals surface area contributed by atoms with Gasteiger partial charge in [0.2, 0.25) is 0 Å². The lowest BCUT2D eigenvalue weighted by molar-refractivity contribution is -0.0965. The van der Waals surface area contributed by atoms with Crippen LogP contribution in [-0.4, -0.2) is 36.7 Å². The van der Waals surface area contributed by atoms with E-state index in [2.05, 4.69) is 45.1 Å². The first-order valence-corrected chi connectivity index (χ1v) is 6.00. The fourth-order valence-corrected chi connectivity index (χ4v) is 1.98. The molecule has 0 bridgehead atoms. The molecule has 2 atom stereocenters. The molecule has 1 fully saturated rings. The fourth-order valence-electron chi connectivity index (χ4n) is 1.98. The Kier molecular flexibility index (Phi) is 4.56. The SMILES string of the molecule is CC(NOC(C)(C)C)C1CCCN(C)C1. The highest BCUT2D eigenvalue weighted by molar-refractivity contribution is 4.77. The van der Waals surface area contributed by atoms with E-state index in [0.29, 0.717) is 12.0 Å². The van der Waals surface area contributed by atoms with E-state index < -0.39 is 0 Å². The lowest BCUT2D eigenvalue weighted by Gasteiger charge is -2.34. The van der Waals surface area contributed by atoms with E-state index in [4.69, 9.17) is 4.84 Å². The topological polar surface area (TPSA) is 24.5 Å². The highest BCUT2D eigenvalue weighted by Gasteiger charge is 2.24. The van der Waals surface area contributed by atoms with Crippen molar-refractivity contribution >= 4 is 0 Å². The molecule has 15 heavy (non-hydrogen) atoms. The zero-order chi connectivity index (χ0) is 11.5. The average Bonchev–Trinajstić information content (AvgIpc) is 2.13. The van der Waals surface area contributed by atoms with Crippen molar-refractivity contribution in [1.82, 2.24) is 10.4 Å². The molecule has 0 saturated carbocycles. The largest absolute Gasteiger partial charge is 0.306 e. The van der Waals surface area contributed by atoms with Crippen LogP contribution >= 0.6 is 0 Å². The zero-order valence-electron chi connectivity index (χ0n) is 10.8. The smallest absolute Gasteiger partial charge is 0.0813 e. The molecule has 1 heterocycles. The van der Waals surface area contributed by atoms with Gasteiger partial charge < -0.3 is 4.90 Å². The van der Waals surface area contributed by atoms with Gasteiger partial charge in [0, 0.05) is 12.6 Å². The van der Waals surface area contributed by atoms with Crippen molar-refractivity contribution in [1.29, 1.82) is 0 Å². The minimum Gasteiger partial charge on any atom is -0.306 e. The molecular weight excluding hydrogens is 188 g/mol. The molecule has 1 aliphatic heterocycles. The number of nitrogens with one attached hydrogen (secondary N) is 1. The first kappa shape index (κ1) is 12.9. The predicted molar refractivity (Wildman–Crippen MR) is 63.7 cm³/mol. The van der Waals surface area contributed by atoms with Crippen LogP contribution in [0.25, 0.3) is 0 Å². The van der Waals surface area contributed by atoms with Gasteiger partial charge in [0.25, 0.3) is 0 Å². The Bertz CT molecular complexity index is 189. The number of rotatable bonds is 3. The molecule has 0 spiro atoms. The first-order valence-electron chi connectivity index (χ1n) is 6.00. The second-order valence-electron chi connectivity index (χ2n) is 5.79. The van der Waals surface area contributed by atoms with E-state index >= 15 is 0 Å². The summed E-state index contributed by atoms with van der Waals surface area (Å²) in [7, 11) is 2.20. The Hall–Kier alpha value is -0.120. The monoisotopic (exact) mass is 214 g/mol. The first-order chi connectivity index (χ1) is 6.88. The van der Waals surface area contributed by atoms with E-state index in [0.717, 1.165) is 0 Å². The maximum absolute atomic E-state index is 5.61. The van der Waals surface area contributed by atoms with E-state index in [1.54, 1.807) is 0 Å². The Labute approximate surface area is 94.1 Å². The standard InChI is InChI=1S/C12H26N2O/c1-10(13-15-12(2,3)4)11-7-6-8-14(5)9-11/h10-11,13H,6-9H2,1-5H3. The summed E-state index contributed by atoms with van der Waals surface area (Å²) in [6.07, 6.45) is 2.62. The highest BCUT2D eigenvalue weighted by atomic mass is 16.7. The Morgan fingerprint density at radius 1 is 1.40 bits per heavy atom. The maximum atomic E-state index is 5.61. The number of hydrogen-bond donors (Lipinski definition) is 1. The van der Waals surface area contributed by atoms with Crippen molar-refractivity contribution in [3.05, 3.63) is 0 Å². The summed E-state index contributed by atoms with van der Waals surface area (Å²) >= 11 is 0. The fraction of sp³-hybridized carbons (Fsp3) is 1.00. The molecule has 1 aliphatic rings. The predicted octanol–water partition coefficient (Wildman–Crippen LogP) is 2.04. The van der Waals surface area contributed by atoms with Gasteiger partial charge in [-0.05, 0) is 60.0 Å². The summed E-state index contributed by atoms with van der Waals surface area (Å²) < 4.78 is 0. The molecule has 3 heteroatoms. The van der Waals surface area contributed by atoms with Crippen LogP contribution in [0.5, 0.6) is 0 Å². The van der Waals surface area contributed by atoms with Gasteiger partial charge in [0.1, 0.15) is 0 Å².